The van der Waals surface area contributed by atoms with E-state index in [2.05, 4.69) is 20.9 Å². The predicted octanol–water partition coefficient (Wildman–Crippen LogP) is 3.52. The summed E-state index contributed by atoms with van der Waals surface area (Å²) in [7, 11) is 0. The normalized spacial score (nSPS) is 10.1. The molecule has 0 spiro atoms. The molecule has 2 rings (SSSR count). The van der Waals surface area contributed by atoms with Gasteiger partial charge < -0.3 is 0 Å². The third-order valence-electron chi connectivity index (χ3n) is 1.89. The lowest BCUT2D eigenvalue weighted by molar-refractivity contribution is 1.29. The second-order valence-corrected chi connectivity index (χ2v) is 3.96. The Hall–Kier alpha value is -1.11. The molecular formula is C10H4BrClN2. The van der Waals surface area contributed by atoms with Crippen LogP contribution in [0.3, 0.4) is 0 Å². The van der Waals surface area contributed by atoms with E-state index in [4.69, 9.17) is 16.9 Å². The van der Waals surface area contributed by atoms with Gasteiger partial charge in [-0.25, -0.2) is 4.98 Å². The Kier molecular flexibility index (Phi) is 2.40. The average Bonchev–Trinajstić information content (AvgIpc) is 2.19. The Bertz CT molecular complexity index is 546. The van der Waals surface area contributed by atoms with Crippen LogP contribution in [0, 0.1) is 11.3 Å². The molecule has 0 bridgehead atoms. The van der Waals surface area contributed by atoms with Crippen LogP contribution < -0.4 is 0 Å². The molecule has 0 radical (unpaired) electrons. The molecule has 68 valence electrons. The lowest BCUT2D eigenvalue weighted by Crippen LogP contribution is -1.85. The van der Waals surface area contributed by atoms with E-state index >= 15 is 0 Å². The molecule has 1 heterocycles. The number of fused-ring (bicyclic) bond motifs is 1. The first-order valence-electron chi connectivity index (χ1n) is 3.87. The maximum atomic E-state index is 8.73. The number of benzene rings is 1. The van der Waals surface area contributed by atoms with Crippen LogP contribution in [0.2, 0.25) is 5.15 Å². The van der Waals surface area contributed by atoms with Crippen molar-refractivity contribution in [2.24, 2.45) is 0 Å². The Morgan fingerprint density at radius 1 is 1.36 bits per heavy atom. The quantitative estimate of drug-likeness (QED) is 0.685. The molecule has 2 nitrogen and oxygen atoms in total. The molecule has 14 heavy (non-hydrogen) atoms. The monoisotopic (exact) mass is 266 g/mol. The van der Waals surface area contributed by atoms with Crippen molar-refractivity contribution < 1.29 is 0 Å². The van der Waals surface area contributed by atoms with Crippen molar-refractivity contribution in [3.63, 3.8) is 0 Å². The maximum Gasteiger partial charge on any atom is 0.142 e. The molecule has 0 unspecified atom stereocenters. The lowest BCUT2D eigenvalue weighted by atomic mass is 10.1. The molecule has 4 heteroatoms. The minimum Gasteiger partial charge on any atom is -0.225 e. The molecule has 0 N–H and O–H groups in total. The van der Waals surface area contributed by atoms with Crippen LogP contribution in [-0.4, -0.2) is 4.98 Å². The molecule has 0 amide bonds. The number of hydrogen-bond donors (Lipinski definition) is 0. The highest BCUT2D eigenvalue weighted by molar-refractivity contribution is 9.10. The number of rotatable bonds is 0. The molecular weight excluding hydrogens is 263 g/mol. The number of nitrogens with zero attached hydrogens (tertiary/aromatic N) is 2. The van der Waals surface area contributed by atoms with Crippen LogP contribution in [0.1, 0.15) is 5.69 Å². The van der Waals surface area contributed by atoms with E-state index in [-0.39, 0.29) is 0 Å². The van der Waals surface area contributed by atoms with Gasteiger partial charge in [0.2, 0.25) is 0 Å². The van der Waals surface area contributed by atoms with Gasteiger partial charge in [0.05, 0.1) is 0 Å². The van der Waals surface area contributed by atoms with E-state index < -0.39 is 0 Å². The fourth-order valence-corrected chi connectivity index (χ4v) is 1.99. The summed E-state index contributed by atoms with van der Waals surface area (Å²) < 4.78 is 0.913. The smallest absolute Gasteiger partial charge is 0.142 e. The largest absolute Gasteiger partial charge is 0.225 e. The second kappa shape index (κ2) is 3.56. The molecule has 1 aromatic carbocycles. The van der Waals surface area contributed by atoms with E-state index in [9.17, 15) is 0 Å². The lowest BCUT2D eigenvalue weighted by Gasteiger charge is -2.02. The van der Waals surface area contributed by atoms with Gasteiger partial charge in [0.25, 0.3) is 0 Å². The summed E-state index contributed by atoms with van der Waals surface area (Å²) in [5.41, 5.74) is 0.328. The van der Waals surface area contributed by atoms with Crippen LogP contribution in [0.25, 0.3) is 10.8 Å². The average molecular weight is 268 g/mol. The maximum absolute atomic E-state index is 8.73. The van der Waals surface area contributed by atoms with Gasteiger partial charge >= 0.3 is 0 Å². The molecule has 0 aliphatic rings. The van der Waals surface area contributed by atoms with Crippen molar-refractivity contribution in [2.45, 2.75) is 0 Å². The standard InChI is InChI=1S/C10H4BrClN2/c11-9-3-1-2-7-8(9)4-6(5-13)14-10(7)12/h1-4H. The Morgan fingerprint density at radius 3 is 2.86 bits per heavy atom. The minimum absolute atomic E-state index is 0.328. The van der Waals surface area contributed by atoms with Crippen LogP contribution >= 0.6 is 27.5 Å². The van der Waals surface area contributed by atoms with Crippen molar-refractivity contribution in [2.75, 3.05) is 0 Å². The van der Waals surface area contributed by atoms with Gasteiger partial charge in [0.15, 0.2) is 0 Å². The van der Waals surface area contributed by atoms with E-state index in [0.717, 1.165) is 15.2 Å². The molecule has 0 saturated heterocycles. The number of hydrogen-bond acceptors (Lipinski definition) is 2. The molecule has 0 fully saturated rings. The van der Waals surface area contributed by atoms with Crippen molar-refractivity contribution in [3.8, 4) is 6.07 Å². The van der Waals surface area contributed by atoms with Gasteiger partial charge in [0, 0.05) is 15.2 Å². The highest BCUT2D eigenvalue weighted by Crippen LogP contribution is 2.28. The van der Waals surface area contributed by atoms with Crippen LogP contribution in [0.5, 0.6) is 0 Å². The first-order valence-corrected chi connectivity index (χ1v) is 5.04. The number of aromatic nitrogens is 1. The topological polar surface area (TPSA) is 36.7 Å². The zero-order chi connectivity index (χ0) is 10.1. The van der Waals surface area contributed by atoms with Gasteiger partial charge in [-0.05, 0) is 12.1 Å². The molecule has 0 saturated carbocycles. The van der Waals surface area contributed by atoms with Crippen LogP contribution in [-0.2, 0) is 0 Å². The predicted molar refractivity (Wildman–Crippen MR) is 59.2 cm³/mol. The van der Waals surface area contributed by atoms with Gasteiger partial charge in [-0.2, -0.15) is 5.26 Å². The van der Waals surface area contributed by atoms with E-state index in [1.165, 1.54) is 0 Å². The van der Waals surface area contributed by atoms with Crippen molar-refractivity contribution in [1.82, 2.24) is 4.98 Å². The van der Waals surface area contributed by atoms with Gasteiger partial charge in [-0.3, -0.25) is 0 Å². The summed E-state index contributed by atoms with van der Waals surface area (Å²) in [5.74, 6) is 0. The third kappa shape index (κ3) is 1.47. The van der Waals surface area contributed by atoms with Gasteiger partial charge in [0.1, 0.15) is 16.9 Å². The molecule has 2 aromatic rings. The Morgan fingerprint density at radius 2 is 2.14 bits per heavy atom. The van der Waals surface area contributed by atoms with Gasteiger partial charge in [-0.15, -0.1) is 0 Å². The molecule has 0 aliphatic carbocycles. The molecule has 1 aromatic heterocycles. The zero-order valence-electron chi connectivity index (χ0n) is 6.96. The molecule has 0 aliphatic heterocycles. The fourth-order valence-electron chi connectivity index (χ4n) is 1.26. The van der Waals surface area contributed by atoms with Crippen molar-refractivity contribution >= 4 is 38.3 Å². The van der Waals surface area contributed by atoms with Crippen LogP contribution in [0.4, 0.5) is 0 Å². The van der Waals surface area contributed by atoms with Crippen molar-refractivity contribution in [1.29, 1.82) is 5.26 Å². The minimum atomic E-state index is 0.328. The highest BCUT2D eigenvalue weighted by Gasteiger charge is 2.05. The fraction of sp³-hybridized carbons (Fsp3) is 0. The highest BCUT2D eigenvalue weighted by atomic mass is 79.9. The first-order chi connectivity index (χ1) is 6.72. The summed E-state index contributed by atoms with van der Waals surface area (Å²) in [6.07, 6.45) is 0. The van der Waals surface area contributed by atoms with Crippen LogP contribution in [0.15, 0.2) is 28.7 Å². The number of halogens is 2. The van der Waals surface area contributed by atoms with Crippen molar-refractivity contribution in [3.05, 3.63) is 39.6 Å². The summed E-state index contributed by atoms with van der Waals surface area (Å²) >= 11 is 9.33. The second-order valence-electron chi connectivity index (χ2n) is 2.75. The first kappa shape index (κ1) is 9.45. The van der Waals surface area contributed by atoms with E-state index in [1.54, 1.807) is 6.07 Å². The summed E-state index contributed by atoms with van der Waals surface area (Å²) in [4.78, 5) is 3.94. The molecule has 0 atom stereocenters. The number of pyridine rings is 1. The van der Waals surface area contributed by atoms with E-state index in [0.29, 0.717) is 10.8 Å². The zero-order valence-corrected chi connectivity index (χ0v) is 9.30. The summed E-state index contributed by atoms with van der Waals surface area (Å²) in [5, 5.41) is 10.8. The SMILES string of the molecule is N#Cc1cc2c(Br)cccc2c(Cl)n1. The van der Waals surface area contributed by atoms with E-state index in [1.807, 2.05) is 24.3 Å². The van der Waals surface area contributed by atoms with Gasteiger partial charge in [-0.1, -0.05) is 39.7 Å². The number of nitriles is 1. The Balaban J connectivity index is 2.92. The summed E-state index contributed by atoms with van der Waals surface area (Å²) in [6, 6.07) is 9.34. The summed E-state index contributed by atoms with van der Waals surface area (Å²) in [6.45, 7) is 0. The third-order valence-corrected chi connectivity index (χ3v) is 2.87. The Labute approximate surface area is 94.3 Å².